The van der Waals surface area contributed by atoms with E-state index in [1.165, 1.54) is 11.5 Å². The van der Waals surface area contributed by atoms with Crippen molar-refractivity contribution >= 4 is 39.2 Å². The lowest BCUT2D eigenvalue weighted by Gasteiger charge is -2.10. The summed E-state index contributed by atoms with van der Waals surface area (Å²) in [6, 6.07) is 9.80. The van der Waals surface area contributed by atoms with Gasteiger partial charge in [-0.1, -0.05) is 23.7 Å². The summed E-state index contributed by atoms with van der Waals surface area (Å²) in [5.74, 6) is 0.805. The van der Waals surface area contributed by atoms with Crippen molar-refractivity contribution in [3.63, 3.8) is 0 Å². The van der Waals surface area contributed by atoms with Crippen molar-refractivity contribution in [3.05, 3.63) is 40.8 Å². The average molecular weight is 304 g/mol. The molecule has 0 amide bonds. The van der Waals surface area contributed by atoms with E-state index in [0.29, 0.717) is 10.6 Å². The van der Waals surface area contributed by atoms with Crippen LogP contribution in [0.2, 0.25) is 5.15 Å². The van der Waals surface area contributed by atoms with E-state index in [1.807, 2.05) is 31.2 Å². The fourth-order valence-electron chi connectivity index (χ4n) is 1.91. The largest absolute Gasteiger partial charge is 0.365 e. The van der Waals surface area contributed by atoms with Gasteiger partial charge in [0, 0.05) is 0 Å². The molecule has 0 radical (unpaired) electrons. The molecule has 0 bridgehead atoms. The number of fused-ring (bicyclic) bond motifs is 1. The Kier molecular flexibility index (Phi) is 3.30. The fourth-order valence-corrected chi connectivity index (χ4v) is 2.93. The summed E-state index contributed by atoms with van der Waals surface area (Å²) in [7, 11) is 0. The third-order valence-electron chi connectivity index (χ3n) is 2.93. The van der Waals surface area contributed by atoms with Crippen LogP contribution in [0.25, 0.3) is 11.0 Å². The summed E-state index contributed by atoms with van der Waals surface area (Å²) < 4.78 is 3.97. The first-order valence-corrected chi connectivity index (χ1v) is 7.10. The minimum atomic E-state index is -0.0778. The third kappa shape index (κ3) is 2.22. The number of nitrogens with zero attached hydrogens (tertiary/aromatic N) is 3. The molecule has 0 saturated heterocycles. The summed E-state index contributed by atoms with van der Waals surface area (Å²) in [6.07, 6.45) is 0. The van der Waals surface area contributed by atoms with Gasteiger partial charge in [0.25, 0.3) is 0 Å². The fraction of sp³-hybridized carbons (Fsp3) is 0.154. The van der Waals surface area contributed by atoms with Gasteiger partial charge in [-0.3, -0.25) is 0 Å². The van der Waals surface area contributed by atoms with E-state index >= 15 is 0 Å². The number of rotatable bonds is 3. The van der Waals surface area contributed by atoms with E-state index < -0.39 is 0 Å². The van der Waals surface area contributed by atoms with Gasteiger partial charge in [-0.2, -0.15) is 9.64 Å². The second-order valence-corrected chi connectivity index (χ2v) is 5.43. The van der Waals surface area contributed by atoms with Crippen molar-refractivity contribution < 1.29 is 0 Å². The third-order valence-corrected chi connectivity index (χ3v) is 4.08. The van der Waals surface area contributed by atoms with Gasteiger partial charge in [0.2, 0.25) is 0 Å². The topological polar surface area (TPSA) is 77.4 Å². The zero-order valence-electron chi connectivity index (χ0n) is 10.5. The number of aromatic amines is 1. The molecule has 3 aromatic rings. The van der Waals surface area contributed by atoms with Gasteiger partial charge in [-0.05, 0) is 30.6 Å². The first-order chi connectivity index (χ1) is 9.69. The van der Waals surface area contributed by atoms with Crippen molar-refractivity contribution in [2.75, 3.05) is 5.32 Å². The number of hydrogen-bond donors (Lipinski definition) is 2. The minimum Gasteiger partial charge on any atom is -0.365 e. The number of halogens is 1. The van der Waals surface area contributed by atoms with Crippen LogP contribution >= 0.6 is 23.1 Å². The van der Waals surface area contributed by atoms with Gasteiger partial charge in [-0.25, -0.2) is 4.98 Å². The quantitative estimate of drug-likeness (QED) is 0.773. The number of aromatic nitrogens is 3. The van der Waals surface area contributed by atoms with Crippen LogP contribution in [0.3, 0.4) is 0 Å². The summed E-state index contributed by atoms with van der Waals surface area (Å²) in [5.41, 5.74) is 2.28. The van der Waals surface area contributed by atoms with Crippen LogP contribution in [0.5, 0.6) is 0 Å². The number of hydrogen-bond acceptors (Lipinski definition) is 5. The number of nitrogens with one attached hydrogen (secondary N) is 2. The molecule has 0 aliphatic rings. The van der Waals surface area contributed by atoms with Crippen molar-refractivity contribution in [2.45, 2.75) is 13.0 Å². The van der Waals surface area contributed by atoms with Crippen LogP contribution in [0, 0.1) is 11.3 Å². The molecule has 0 aliphatic heterocycles. The van der Waals surface area contributed by atoms with Gasteiger partial charge in [0.15, 0.2) is 5.15 Å². The van der Waals surface area contributed by atoms with Crippen molar-refractivity contribution in [2.24, 2.45) is 0 Å². The van der Waals surface area contributed by atoms with Gasteiger partial charge >= 0.3 is 0 Å². The molecular weight excluding hydrogens is 294 g/mol. The molecule has 3 rings (SSSR count). The highest BCUT2D eigenvalue weighted by Crippen LogP contribution is 2.30. The zero-order chi connectivity index (χ0) is 14.1. The van der Waals surface area contributed by atoms with Crippen LogP contribution < -0.4 is 5.32 Å². The Hall–Kier alpha value is -2.10. The molecule has 7 heteroatoms. The average Bonchev–Trinajstić information content (AvgIpc) is 3.02. The molecule has 0 fully saturated rings. The Bertz CT molecular complexity index is 768. The van der Waals surface area contributed by atoms with Gasteiger partial charge in [-0.15, -0.1) is 0 Å². The van der Waals surface area contributed by atoms with E-state index in [1.54, 1.807) is 0 Å². The number of anilines is 1. The summed E-state index contributed by atoms with van der Waals surface area (Å²) >= 11 is 7.03. The second-order valence-electron chi connectivity index (χ2n) is 4.29. The molecule has 20 heavy (non-hydrogen) atoms. The number of imidazole rings is 1. The molecule has 100 valence electrons. The molecule has 2 N–H and O–H groups in total. The highest BCUT2D eigenvalue weighted by Gasteiger charge is 2.16. The van der Waals surface area contributed by atoms with E-state index in [2.05, 4.69) is 25.7 Å². The number of nitriles is 1. The second kappa shape index (κ2) is 5.12. The number of benzene rings is 1. The van der Waals surface area contributed by atoms with Crippen LogP contribution in [-0.4, -0.2) is 14.3 Å². The SMILES string of the molecule is CC(Nc1snc(Cl)c1C#N)c1nc2ccccc2[nH]1. The highest BCUT2D eigenvalue weighted by atomic mass is 35.5. The zero-order valence-corrected chi connectivity index (χ0v) is 12.1. The monoisotopic (exact) mass is 303 g/mol. The van der Waals surface area contributed by atoms with E-state index in [-0.39, 0.29) is 11.2 Å². The summed E-state index contributed by atoms with van der Waals surface area (Å²) in [4.78, 5) is 7.78. The Labute approximate surface area is 124 Å². The molecule has 1 atom stereocenters. The molecular formula is C13H10ClN5S. The predicted octanol–water partition coefficient (Wildman–Crippen LogP) is 3.72. The predicted molar refractivity (Wildman–Crippen MR) is 80.0 cm³/mol. The molecule has 0 saturated carbocycles. The van der Waals surface area contributed by atoms with Crippen LogP contribution in [0.1, 0.15) is 24.4 Å². The highest BCUT2D eigenvalue weighted by molar-refractivity contribution is 7.10. The minimum absolute atomic E-state index is 0.0778. The lowest BCUT2D eigenvalue weighted by molar-refractivity contribution is 0.818. The normalized spacial score (nSPS) is 12.2. The Morgan fingerprint density at radius 2 is 2.25 bits per heavy atom. The molecule has 2 heterocycles. The molecule has 0 spiro atoms. The Balaban J connectivity index is 1.89. The molecule has 1 aromatic carbocycles. The molecule has 2 aromatic heterocycles. The van der Waals surface area contributed by atoms with Gasteiger partial charge in [0.05, 0.1) is 17.1 Å². The van der Waals surface area contributed by atoms with E-state index in [9.17, 15) is 0 Å². The number of para-hydroxylation sites is 2. The van der Waals surface area contributed by atoms with Crippen LogP contribution in [0.4, 0.5) is 5.00 Å². The maximum Gasteiger partial charge on any atom is 0.162 e. The summed E-state index contributed by atoms with van der Waals surface area (Å²) in [5, 5.41) is 13.2. The first kappa shape index (κ1) is 12.9. The maximum absolute atomic E-state index is 9.05. The lowest BCUT2D eigenvalue weighted by atomic mass is 10.3. The smallest absolute Gasteiger partial charge is 0.162 e. The standard InChI is InChI=1S/C13H10ClN5S/c1-7(16-13-8(6-15)11(14)19-20-13)12-17-9-4-2-3-5-10(9)18-12/h2-5,7,16H,1H3,(H,17,18). The van der Waals surface area contributed by atoms with Crippen molar-refractivity contribution in [3.8, 4) is 6.07 Å². The Morgan fingerprint density at radius 3 is 3.00 bits per heavy atom. The van der Waals surface area contributed by atoms with E-state index in [4.69, 9.17) is 16.9 Å². The van der Waals surface area contributed by atoms with Crippen LogP contribution in [0.15, 0.2) is 24.3 Å². The maximum atomic E-state index is 9.05. The van der Waals surface area contributed by atoms with Crippen molar-refractivity contribution in [1.29, 1.82) is 5.26 Å². The summed E-state index contributed by atoms with van der Waals surface area (Å²) in [6.45, 7) is 1.96. The van der Waals surface area contributed by atoms with E-state index in [0.717, 1.165) is 16.9 Å². The number of H-pyrrole nitrogens is 1. The molecule has 0 aliphatic carbocycles. The first-order valence-electron chi connectivity index (χ1n) is 5.95. The molecule has 1 unspecified atom stereocenters. The Morgan fingerprint density at radius 1 is 1.45 bits per heavy atom. The lowest BCUT2D eigenvalue weighted by Crippen LogP contribution is -2.08. The molecule has 5 nitrogen and oxygen atoms in total. The van der Waals surface area contributed by atoms with Gasteiger partial charge in [0.1, 0.15) is 22.5 Å². The van der Waals surface area contributed by atoms with Crippen LogP contribution in [-0.2, 0) is 0 Å². The van der Waals surface area contributed by atoms with Crippen molar-refractivity contribution in [1.82, 2.24) is 14.3 Å². The van der Waals surface area contributed by atoms with Gasteiger partial charge < -0.3 is 10.3 Å².